The van der Waals surface area contributed by atoms with E-state index in [0.29, 0.717) is 12.8 Å². The third-order valence-corrected chi connectivity index (χ3v) is 8.12. The first-order chi connectivity index (χ1) is 20.8. The summed E-state index contributed by atoms with van der Waals surface area (Å²) < 4.78 is 3.07. The second-order valence-corrected chi connectivity index (χ2v) is 13.9. The van der Waals surface area contributed by atoms with Gasteiger partial charge < -0.3 is 31.7 Å². The molecule has 3 aromatic rings. The number of unbranched alkanes of at least 4 members (excludes halogenated alkanes) is 1. The van der Waals surface area contributed by atoms with E-state index in [2.05, 4.69) is 10.6 Å². The fourth-order valence-electron chi connectivity index (χ4n) is 4.56. The van der Waals surface area contributed by atoms with E-state index < -0.39 is 52.3 Å². The number of alkyl halides is 3. The summed E-state index contributed by atoms with van der Waals surface area (Å²) in [7, 11) is 1.53. The summed E-state index contributed by atoms with van der Waals surface area (Å²) in [5, 5.41) is 9.23. The van der Waals surface area contributed by atoms with E-state index in [9.17, 15) is 19.2 Å². The van der Waals surface area contributed by atoms with Gasteiger partial charge in [-0.1, -0.05) is 83.3 Å². The second kappa shape index (κ2) is 16.8. The first-order valence-electron chi connectivity index (χ1n) is 13.9. The molecule has 3 rings (SSSR count). The Morgan fingerprint density at radius 2 is 1.73 bits per heavy atom. The molecule has 2 aromatic carbocycles. The van der Waals surface area contributed by atoms with E-state index >= 15 is 0 Å². The summed E-state index contributed by atoms with van der Waals surface area (Å²) in [4.78, 5) is 53.1. The van der Waals surface area contributed by atoms with Crippen LogP contribution in [-0.4, -0.2) is 70.8 Å². The maximum atomic E-state index is 13.5. The number of benzene rings is 2. The van der Waals surface area contributed by atoms with Crippen molar-refractivity contribution < 1.29 is 23.9 Å². The van der Waals surface area contributed by atoms with Crippen molar-refractivity contribution in [1.29, 1.82) is 0 Å². The highest BCUT2D eigenvalue weighted by atomic mass is 35.6. The second-order valence-electron chi connectivity index (χ2n) is 10.3. The molecule has 0 bridgehead atoms. The van der Waals surface area contributed by atoms with Crippen LogP contribution in [0.5, 0.6) is 0 Å². The zero-order valence-corrected chi connectivity index (χ0v) is 27.2. The highest BCUT2D eigenvalue weighted by molar-refractivity contribution is 7.09. The number of likely N-dealkylation sites (N-methyl/N-ethyl adjacent to an activating group) is 1. The molecule has 14 heteroatoms. The number of alkyl carbamates (subject to hydrolysis) is 1. The molecule has 44 heavy (non-hydrogen) atoms. The molecule has 0 aliphatic rings. The fourth-order valence-corrected chi connectivity index (χ4v) is 5.47. The number of amides is 4. The van der Waals surface area contributed by atoms with Crippen molar-refractivity contribution in [2.24, 2.45) is 11.5 Å². The topological polar surface area (TPSA) is 157 Å². The van der Waals surface area contributed by atoms with Gasteiger partial charge in [-0.3, -0.25) is 14.4 Å². The molecule has 0 aliphatic heterocycles. The molecule has 0 saturated heterocycles. The van der Waals surface area contributed by atoms with Crippen molar-refractivity contribution in [3.63, 3.8) is 0 Å². The standard InChI is InChI=1S/C30H36Cl3N5O5S/c1-38(28(41)23(34)16-19-11-12-20-7-2-3-8-21(20)15-19)25(17-22-9-6-14-44-22)27(40)37-24(26(35)39)10-4-5-13-36-29(42)43-18-30(31,32)33/h2-3,6-9,11-12,14-15,23-25H,4-5,10,13,16-18,34H2,1H3,(H2,35,39)(H,36,42)(H,37,40)/t23-,24+,25-/m1/s1. The Morgan fingerprint density at radius 3 is 2.39 bits per heavy atom. The largest absolute Gasteiger partial charge is 0.445 e. The number of rotatable bonds is 15. The summed E-state index contributed by atoms with van der Waals surface area (Å²) >= 11 is 18.1. The highest BCUT2D eigenvalue weighted by Gasteiger charge is 2.32. The minimum Gasteiger partial charge on any atom is -0.445 e. The average Bonchev–Trinajstić information content (AvgIpc) is 3.50. The molecule has 0 spiro atoms. The van der Waals surface area contributed by atoms with Crippen LogP contribution in [0.15, 0.2) is 60.0 Å². The number of nitrogens with zero attached hydrogens (tertiary/aromatic N) is 1. The number of primary amides is 1. The normalized spacial score (nSPS) is 13.5. The molecule has 6 N–H and O–H groups in total. The summed E-state index contributed by atoms with van der Waals surface area (Å²) in [5.41, 5.74) is 12.9. The molecule has 0 aliphatic carbocycles. The number of halogens is 3. The smallest absolute Gasteiger partial charge is 0.407 e. The molecule has 3 atom stereocenters. The molecular formula is C30H36Cl3N5O5S. The van der Waals surface area contributed by atoms with Gasteiger partial charge >= 0.3 is 6.09 Å². The van der Waals surface area contributed by atoms with E-state index in [1.807, 2.05) is 60.0 Å². The molecule has 4 amide bonds. The highest BCUT2D eigenvalue weighted by Crippen LogP contribution is 2.26. The van der Waals surface area contributed by atoms with E-state index in [4.69, 9.17) is 51.0 Å². The molecule has 0 unspecified atom stereocenters. The number of carbonyl (C=O) groups excluding carboxylic acids is 4. The number of carbonyl (C=O) groups is 4. The van der Waals surface area contributed by atoms with Gasteiger partial charge in [0.15, 0.2) is 0 Å². The lowest BCUT2D eigenvalue weighted by Crippen LogP contribution is -2.56. The van der Waals surface area contributed by atoms with E-state index in [1.54, 1.807) is 0 Å². The monoisotopic (exact) mass is 683 g/mol. The number of hydrogen-bond acceptors (Lipinski definition) is 7. The third kappa shape index (κ3) is 11.4. The Labute approximate surface area is 275 Å². The zero-order valence-electron chi connectivity index (χ0n) is 24.1. The van der Waals surface area contributed by atoms with E-state index in [1.165, 1.54) is 23.3 Å². The lowest BCUT2D eigenvalue weighted by atomic mass is 10.0. The van der Waals surface area contributed by atoms with Gasteiger partial charge in [0.2, 0.25) is 21.5 Å². The predicted molar refractivity (Wildman–Crippen MR) is 175 cm³/mol. The van der Waals surface area contributed by atoms with E-state index in [-0.39, 0.29) is 25.8 Å². The minimum atomic E-state index is -1.72. The molecular weight excluding hydrogens is 649 g/mol. The van der Waals surface area contributed by atoms with Crippen molar-refractivity contribution in [1.82, 2.24) is 15.5 Å². The predicted octanol–water partition coefficient (Wildman–Crippen LogP) is 4.08. The lowest BCUT2D eigenvalue weighted by molar-refractivity contribution is -0.140. The number of thiophene rings is 1. The third-order valence-electron chi connectivity index (χ3n) is 6.89. The van der Waals surface area contributed by atoms with Crippen LogP contribution in [0.3, 0.4) is 0 Å². The van der Waals surface area contributed by atoms with Crippen molar-refractivity contribution in [3.05, 3.63) is 70.4 Å². The van der Waals surface area contributed by atoms with Crippen LogP contribution in [0, 0.1) is 0 Å². The molecule has 0 saturated carbocycles. The Kier molecular flexibility index (Phi) is 13.5. The van der Waals surface area contributed by atoms with Gasteiger partial charge in [0, 0.05) is 24.9 Å². The van der Waals surface area contributed by atoms with Crippen LogP contribution in [0.2, 0.25) is 0 Å². The van der Waals surface area contributed by atoms with Crippen LogP contribution in [0.25, 0.3) is 10.8 Å². The first kappa shape index (κ1) is 35.4. The number of nitrogens with one attached hydrogen (secondary N) is 2. The molecule has 10 nitrogen and oxygen atoms in total. The molecule has 1 aromatic heterocycles. The Morgan fingerprint density at radius 1 is 1.00 bits per heavy atom. The summed E-state index contributed by atoms with van der Waals surface area (Å²) in [5.74, 6) is -1.65. The molecule has 0 fully saturated rings. The van der Waals surface area contributed by atoms with Crippen molar-refractivity contribution in [2.45, 2.75) is 54.0 Å². The number of hydrogen-bond donors (Lipinski definition) is 4. The SMILES string of the molecule is CN(C(=O)[C@H](N)Cc1ccc2ccccc2c1)[C@H](Cc1cccs1)C(=O)N[C@@H](CCCCNC(=O)OCC(Cl)(Cl)Cl)C(N)=O. The molecule has 0 radical (unpaired) electrons. The Hall–Kier alpha value is -3.09. The van der Waals surface area contributed by atoms with Crippen LogP contribution in [0.1, 0.15) is 29.7 Å². The van der Waals surface area contributed by atoms with Crippen LogP contribution >= 0.6 is 46.1 Å². The Balaban J connectivity index is 1.60. The summed E-state index contributed by atoms with van der Waals surface area (Å²) in [6.45, 7) is -0.178. The van der Waals surface area contributed by atoms with Crippen molar-refractivity contribution >= 4 is 80.7 Å². The van der Waals surface area contributed by atoms with Gasteiger partial charge in [-0.25, -0.2) is 4.79 Å². The van der Waals surface area contributed by atoms with Gasteiger partial charge in [0.25, 0.3) is 0 Å². The van der Waals surface area contributed by atoms with Gasteiger partial charge in [-0.2, -0.15) is 0 Å². The number of fused-ring (bicyclic) bond motifs is 1. The fraction of sp³-hybridized carbons (Fsp3) is 0.400. The van der Waals surface area contributed by atoms with E-state index in [0.717, 1.165) is 21.2 Å². The Bertz CT molecular complexity index is 1420. The van der Waals surface area contributed by atoms with Crippen molar-refractivity contribution in [2.75, 3.05) is 20.2 Å². The van der Waals surface area contributed by atoms with Crippen molar-refractivity contribution in [3.8, 4) is 0 Å². The average molecular weight is 685 g/mol. The van der Waals surface area contributed by atoms with Crippen LogP contribution < -0.4 is 22.1 Å². The van der Waals surface area contributed by atoms with Gasteiger partial charge in [0.05, 0.1) is 6.04 Å². The maximum Gasteiger partial charge on any atom is 0.407 e. The molecule has 238 valence electrons. The van der Waals surface area contributed by atoms with Gasteiger partial charge in [-0.15, -0.1) is 11.3 Å². The number of ether oxygens (including phenoxy) is 1. The zero-order chi connectivity index (χ0) is 32.3. The maximum absolute atomic E-state index is 13.5. The lowest BCUT2D eigenvalue weighted by Gasteiger charge is -2.30. The van der Waals surface area contributed by atoms with Gasteiger partial charge in [-0.05, 0) is 53.5 Å². The first-order valence-corrected chi connectivity index (χ1v) is 15.9. The molecule has 1 heterocycles. The quantitative estimate of drug-likeness (QED) is 0.140. The summed E-state index contributed by atoms with van der Waals surface area (Å²) in [6.07, 6.45) is 0.899. The number of nitrogens with two attached hydrogens (primary N) is 2. The minimum absolute atomic E-state index is 0.219. The van der Waals surface area contributed by atoms with Gasteiger partial charge in [0.1, 0.15) is 18.7 Å². The van der Waals surface area contributed by atoms with Crippen LogP contribution in [0.4, 0.5) is 4.79 Å². The summed E-state index contributed by atoms with van der Waals surface area (Å²) in [6, 6.07) is 14.7. The van der Waals surface area contributed by atoms with Crippen LogP contribution in [-0.2, 0) is 32.0 Å².